The first-order valence-electron chi connectivity index (χ1n) is 5.83. The fourth-order valence-corrected chi connectivity index (χ4v) is 2.35. The summed E-state index contributed by atoms with van der Waals surface area (Å²) in [7, 11) is 0. The van der Waals surface area contributed by atoms with Gasteiger partial charge in [0.15, 0.2) is 0 Å². The molecule has 94 valence electrons. The van der Waals surface area contributed by atoms with Gasteiger partial charge in [-0.15, -0.1) is 11.3 Å². The Bertz CT molecular complexity index is 575. The van der Waals surface area contributed by atoms with E-state index in [0.29, 0.717) is 6.42 Å². The van der Waals surface area contributed by atoms with Crippen LogP contribution in [-0.4, -0.2) is 10.9 Å². The number of hydrogen-bond acceptors (Lipinski definition) is 3. The molecule has 0 aliphatic heterocycles. The number of carbonyl (C=O) groups excluding carboxylic acids is 1. The lowest BCUT2D eigenvalue weighted by Crippen LogP contribution is -2.15. The Hall–Kier alpha value is -1.68. The zero-order valence-corrected chi connectivity index (χ0v) is 11.6. The van der Waals surface area contributed by atoms with Gasteiger partial charge in [0.05, 0.1) is 17.1 Å². The molecule has 18 heavy (non-hydrogen) atoms. The largest absolute Gasteiger partial charge is 0.325 e. The molecule has 2 aromatic rings. The molecule has 1 amide bonds. The van der Waals surface area contributed by atoms with Gasteiger partial charge < -0.3 is 5.32 Å². The van der Waals surface area contributed by atoms with Crippen molar-refractivity contribution in [3.63, 3.8) is 0 Å². The average Bonchev–Trinajstić information content (AvgIpc) is 2.70. The van der Waals surface area contributed by atoms with Crippen LogP contribution in [0.15, 0.2) is 23.6 Å². The molecule has 0 radical (unpaired) electrons. The smallest absolute Gasteiger partial charge is 0.230 e. The molecule has 0 saturated heterocycles. The van der Waals surface area contributed by atoms with Gasteiger partial charge in [0.2, 0.25) is 5.91 Å². The number of aryl methyl sites for hydroxylation is 2. The second-order valence-electron chi connectivity index (χ2n) is 4.33. The summed E-state index contributed by atoms with van der Waals surface area (Å²) in [5.74, 6) is -0.0194. The van der Waals surface area contributed by atoms with Crippen LogP contribution in [0.25, 0.3) is 0 Å². The molecular weight excluding hydrogens is 244 g/mol. The van der Waals surface area contributed by atoms with Gasteiger partial charge in [0.25, 0.3) is 0 Å². The summed E-state index contributed by atoms with van der Waals surface area (Å²) in [4.78, 5) is 16.2. The number of anilines is 1. The number of amides is 1. The van der Waals surface area contributed by atoms with Crippen molar-refractivity contribution in [2.45, 2.75) is 27.2 Å². The lowest BCUT2D eigenvalue weighted by molar-refractivity contribution is -0.115. The molecule has 0 saturated carbocycles. The van der Waals surface area contributed by atoms with E-state index >= 15 is 0 Å². The normalized spacial score (nSPS) is 10.4. The second kappa shape index (κ2) is 5.31. The Labute approximate surface area is 111 Å². The van der Waals surface area contributed by atoms with E-state index in [1.807, 2.05) is 44.4 Å². The number of aromatic nitrogens is 1. The maximum absolute atomic E-state index is 11.9. The third-order valence-corrected chi connectivity index (χ3v) is 3.71. The summed E-state index contributed by atoms with van der Waals surface area (Å²) < 4.78 is 0. The SMILES string of the molecule is Cc1nc(CC(=O)Nc2cccc(C)c2C)cs1. The van der Waals surface area contributed by atoms with E-state index in [9.17, 15) is 4.79 Å². The molecular formula is C14H16N2OS. The molecule has 1 aromatic carbocycles. The van der Waals surface area contributed by atoms with Gasteiger partial charge in [-0.05, 0) is 38.0 Å². The van der Waals surface area contributed by atoms with Crippen LogP contribution in [-0.2, 0) is 11.2 Å². The first-order valence-corrected chi connectivity index (χ1v) is 6.71. The Morgan fingerprint density at radius 2 is 2.11 bits per heavy atom. The van der Waals surface area contributed by atoms with E-state index in [1.54, 1.807) is 11.3 Å². The average molecular weight is 260 g/mol. The molecule has 0 spiro atoms. The lowest BCUT2D eigenvalue weighted by Gasteiger charge is -2.09. The highest BCUT2D eigenvalue weighted by Crippen LogP contribution is 2.18. The van der Waals surface area contributed by atoms with Crippen LogP contribution in [0.2, 0.25) is 0 Å². The van der Waals surface area contributed by atoms with Crippen LogP contribution in [0.1, 0.15) is 21.8 Å². The second-order valence-corrected chi connectivity index (χ2v) is 5.39. The zero-order valence-electron chi connectivity index (χ0n) is 10.8. The van der Waals surface area contributed by atoms with Gasteiger partial charge in [-0.1, -0.05) is 12.1 Å². The number of benzene rings is 1. The van der Waals surface area contributed by atoms with Crippen LogP contribution in [0.3, 0.4) is 0 Å². The van der Waals surface area contributed by atoms with Gasteiger partial charge in [0, 0.05) is 11.1 Å². The van der Waals surface area contributed by atoms with Crippen LogP contribution in [0, 0.1) is 20.8 Å². The summed E-state index contributed by atoms with van der Waals surface area (Å²) in [5.41, 5.74) is 4.00. The van der Waals surface area contributed by atoms with Gasteiger partial charge >= 0.3 is 0 Å². The van der Waals surface area contributed by atoms with Gasteiger partial charge in [-0.25, -0.2) is 4.98 Å². The first-order chi connectivity index (χ1) is 8.56. The van der Waals surface area contributed by atoms with Crippen molar-refractivity contribution in [3.8, 4) is 0 Å². The molecule has 0 aliphatic carbocycles. The Morgan fingerprint density at radius 1 is 1.33 bits per heavy atom. The van der Waals surface area contributed by atoms with Crippen molar-refractivity contribution in [2.24, 2.45) is 0 Å². The van der Waals surface area contributed by atoms with Gasteiger partial charge in [0.1, 0.15) is 0 Å². The van der Waals surface area contributed by atoms with E-state index in [0.717, 1.165) is 22.0 Å². The minimum Gasteiger partial charge on any atom is -0.325 e. The molecule has 0 bridgehead atoms. The number of rotatable bonds is 3. The fourth-order valence-electron chi connectivity index (χ4n) is 1.73. The van der Waals surface area contributed by atoms with E-state index in [2.05, 4.69) is 10.3 Å². The monoisotopic (exact) mass is 260 g/mol. The highest BCUT2D eigenvalue weighted by molar-refractivity contribution is 7.09. The van der Waals surface area contributed by atoms with Crippen molar-refractivity contribution in [1.82, 2.24) is 4.98 Å². The van der Waals surface area contributed by atoms with Crippen molar-refractivity contribution >= 4 is 22.9 Å². The minimum atomic E-state index is -0.0194. The summed E-state index contributed by atoms with van der Waals surface area (Å²) in [6, 6.07) is 5.91. The molecule has 0 aliphatic rings. The zero-order chi connectivity index (χ0) is 13.1. The number of hydrogen-bond donors (Lipinski definition) is 1. The van der Waals surface area contributed by atoms with Crippen LogP contribution in [0.4, 0.5) is 5.69 Å². The maximum atomic E-state index is 11.9. The van der Waals surface area contributed by atoms with E-state index in [4.69, 9.17) is 0 Å². The number of nitrogens with one attached hydrogen (secondary N) is 1. The highest BCUT2D eigenvalue weighted by atomic mass is 32.1. The summed E-state index contributed by atoms with van der Waals surface area (Å²) in [5, 5.41) is 5.85. The Balaban J connectivity index is 2.05. The summed E-state index contributed by atoms with van der Waals surface area (Å²) in [6.45, 7) is 5.99. The van der Waals surface area contributed by atoms with E-state index < -0.39 is 0 Å². The molecule has 2 rings (SSSR count). The van der Waals surface area contributed by atoms with Crippen LogP contribution < -0.4 is 5.32 Å². The standard InChI is InChI=1S/C14H16N2OS/c1-9-5-4-6-13(10(9)2)16-14(17)7-12-8-18-11(3)15-12/h4-6,8H,7H2,1-3H3,(H,16,17). The molecule has 1 aromatic heterocycles. The summed E-state index contributed by atoms with van der Waals surface area (Å²) >= 11 is 1.57. The van der Waals surface area contributed by atoms with Gasteiger partial charge in [-0.2, -0.15) is 0 Å². The molecule has 0 unspecified atom stereocenters. The topological polar surface area (TPSA) is 42.0 Å². The van der Waals surface area contributed by atoms with Crippen LogP contribution >= 0.6 is 11.3 Å². The highest BCUT2D eigenvalue weighted by Gasteiger charge is 2.08. The number of nitrogens with zero attached hydrogens (tertiary/aromatic N) is 1. The minimum absolute atomic E-state index is 0.0194. The Kier molecular flexibility index (Phi) is 3.77. The lowest BCUT2D eigenvalue weighted by atomic mass is 10.1. The molecule has 4 heteroatoms. The van der Waals surface area contributed by atoms with Crippen molar-refractivity contribution in [3.05, 3.63) is 45.4 Å². The first kappa shape index (κ1) is 12.8. The molecule has 1 N–H and O–H groups in total. The number of thiazole rings is 1. The predicted octanol–water partition coefficient (Wildman–Crippen LogP) is 3.25. The third-order valence-electron chi connectivity index (χ3n) is 2.89. The Morgan fingerprint density at radius 3 is 2.78 bits per heavy atom. The number of carbonyl (C=O) groups is 1. The third kappa shape index (κ3) is 2.96. The maximum Gasteiger partial charge on any atom is 0.230 e. The fraction of sp³-hybridized carbons (Fsp3) is 0.286. The molecule has 0 atom stereocenters. The van der Waals surface area contributed by atoms with Crippen molar-refractivity contribution < 1.29 is 4.79 Å². The van der Waals surface area contributed by atoms with Crippen molar-refractivity contribution in [1.29, 1.82) is 0 Å². The molecule has 0 fully saturated rings. The summed E-state index contributed by atoms with van der Waals surface area (Å²) in [6.07, 6.45) is 0.331. The van der Waals surface area contributed by atoms with Crippen LogP contribution in [0.5, 0.6) is 0 Å². The molecule has 3 nitrogen and oxygen atoms in total. The molecule has 1 heterocycles. The quantitative estimate of drug-likeness (QED) is 0.920. The predicted molar refractivity (Wildman–Crippen MR) is 75.1 cm³/mol. The van der Waals surface area contributed by atoms with E-state index in [1.165, 1.54) is 5.56 Å². The van der Waals surface area contributed by atoms with Gasteiger partial charge in [-0.3, -0.25) is 4.79 Å². The van der Waals surface area contributed by atoms with Crippen molar-refractivity contribution in [2.75, 3.05) is 5.32 Å². The van der Waals surface area contributed by atoms with E-state index in [-0.39, 0.29) is 5.91 Å².